The summed E-state index contributed by atoms with van der Waals surface area (Å²) in [5.74, 6) is 0.0610. The third-order valence-corrected chi connectivity index (χ3v) is 5.43. The van der Waals surface area contributed by atoms with Crippen molar-refractivity contribution >= 4 is 11.7 Å². The van der Waals surface area contributed by atoms with Gasteiger partial charge >= 0.3 is 5.97 Å². The maximum absolute atomic E-state index is 14.3. The first kappa shape index (κ1) is 24.3. The summed E-state index contributed by atoms with van der Waals surface area (Å²) in [5, 5.41) is 12.0. The molecule has 174 valence electrons. The number of aliphatic carboxylic acids is 1. The number of carboxylic acid groups (broad SMARTS) is 1. The summed E-state index contributed by atoms with van der Waals surface area (Å²) >= 11 is 0. The molecule has 0 aromatic heterocycles. The molecule has 4 nitrogen and oxygen atoms in total. The molecule has 3 aromatic rings. The second-order valence-corrected chi connectivity index (χ2v) is 8.87. The van der Waals surface area contributed by atoms with Crippen molar-refractivity contribution in [3.8, 4) is 5.75 Å². The summed E-state index contributed by atoms with van der Waals surface area (Å²) in [5.41, 5.74) is 5.69. The van der Waals surface area contributed by atoms with E-state index in [9.17, 15) is 9.18 Å². The molecule has 0 aliphatic carbocycles. The minimum absolute atomic E-state index is 0.0827. The lowest BCUT2D eigenvalue weighted by Crippen LogP contribution is -2.05. The minimum atomic E-state index is -0.930. The van der Waals surface area contributed by atoms with Crippen LogP contribution in [0, 0.1) is 18.7 Å². The van der Waals surface area contributed by atoms with Gasteiger partial charge in [0.2, 0.25) is 0 Å². The van der Waals surface area contributed by atoms with E-state index >= 15 is 0 Å². The van der Waals surface area contributed by atoms with Gasteiger partial charge in [0.25, 0.3) is 0 Å². The van der Waals surface area contributed by atoms with Crippen molar-refractivity contribution in [1.82, 2.24) is 0 Å². The molecule has 0 aliphatic heterocycles. The van der Waals surface area contributed by atoms with E-state index in [1.165, 1.54) is 11.6 Å². The highest BCUT2D eigenvalue weighted by Crippen LogP contribution is 2.25. The standard InChI is InChI=1S/C28H32FNO3/c1-19(2)14-24-15-22(8-12-27(24)33-18-21-6-4-20(3)5-7-21)17-30-25-11-9-23(26(29)16-25)10-13-28(31)32/h4-9,11-12,15-16,19,30H,10,13-14,17-18H2,1-3H3,(H,31,32). The van der Waals surface area contributed by atoms with Gasteiger partial charge in [0.05, 0.1) is 0 Å². The quantitative estimate of drug-likeness (QED) is 0.349. The molecule has 2 N–H and O–H groups in total. The molecule has 0 atom stereocenters. The number of hydrogen-bond donors (Lipinski definition) is 2. The summed E-state index contributed by atoms with van der Waals surface area (Å²) in [4.78, 5) is 10.7. The molecule has 0 heterocycles. The molecule has 0 unspecified atom stereocenters. The number of halogens is 1. The molecular formula is C28H32FNO3. The largest absolute Gasteiger partial charge is 0.489 e. The molecule has 5 heteroatoms. The number of hydrogen-bond acceptors (Lipinski definition) is 3. The fourth-order valence-electron chi connectivity index (χ4n) is 3.63. The van der Waals surface area contributed by atoms with Gasteiger partial charge < -0.3 is 15.2 Å². The number of carbonyl (C=O) groups is 1. The monoisotopic (exact) mass is 449 g/mol. The number of benzene rings is 3. The molecule has 3 aromatic carbocycles. The molecule has 0 amide bonds. The van der Waals surface area contributed by atoms with Crippen LogP contribution in [0.15, 0.2) is 60.7 Å². The van der Waals surface area contributed by atoms with Gasteiger partial charge in [0.15, 0.2) is 0 Å². The SMILES string of the molecule is Cc1ccc(COc2ccc(CNc3ccc(CCC(=O)O)c(F)c3)cc2CC(C)C)cc1. The Bertz CT molecular complexity index is 1080. The Morgan fingerprint density at radius 3 is 2.39 bits per heavy atom. The van der Waals surface area contributed by atoms with Crippen molar-refractivity contribution in [2.45, 2.75) is 53.2 Å². The number of anilines is 1. The number of aryl methyl sites for hydroxylation is 2. The highest BCUT2D eigenvalue weighted by molar-refractivity contribution is 5.67. The van der Waals surface area contributed by atoms with Crippen molar-refractivity contribution in [2.24, 2.45) is 5.92 Å². The number of ether oxygens (including phenoxy) is 1. The van der Waals surface area contributed by atoms with Crippen LogP contribution in [0.25, 0.3) is 0 Å². The van der Waals surface area contributed by atoms with Gasteiger partial charge in [-0.1, -0.05) is 61.9 Å². The summed E-state index contributed by atoms with van der Waals surface area (Å²) in [6.45, 7) is 7.51. The first-order valence-electron chi connectivity index (χ1n) is 11.3. The lowest BCUT2D eigenvalue weighted by Gasteiger charge is -2.16. The summed E-state index contributed by atoms with van der Waals surface area (Å²) in [7, 11) is 0. The van der Waals surface area contributed by atoms with Crippen molar-refractivity contribution in [3.05, 3.63) is 94.3 Å². The van der Waals surface area contributed by atoms with Crippen molar-refractivity contribution in [3.63, 3.8) is 0 Å². The smallest absolute Gasteiger partial charge is 0.303 e. The third-order valence-electron chi connectivity index (χ3n) is 5.43. The second kappa shape index (κ2) is 11.5. The van der Waals surface area contributed by atoms with Gasteiger partial charge in [0, 0.05) is 18.7 Å². The normalized spacial score (nSPS) is 10.9. The van der Waals surface area contributed by atoms with Crippen LogP contribution in [0.4, 0.5) is 10.1 Å². The van der Waals surface area contributed by atoms with E-state index in [0.29, 0.717) is 30.3 Å². The summed E-state index contributed by atoms with van der Waals surface area (Å²) in [6.07, 6.45) is 1.01. The molecule has 3 rings (SSSR count). The average molecular weight is 450 g/mol. The lowest BCUT2D eigenvalue weighted by molar-refractivity contribution is -0.136. The molecule has 0 bridgehead atoms. The van der Waals surface area contributed by atoms with Crippen LogP contribution in [-0.4, -0.2) is 11.1 Å². The fraction of sp³-hybridized carbons (Fsp3) is 0.321. The number of rotatable bonds is 11. The van der Waals surface area contributed by atoms with E-state index in [1.807, 2.05) is 12.1 Å². The Balaban J connectivity index is 1.66. The molecule has 0 aliphatic rings. The average Bonchev–Trinajstić information content (AvgIpc) is 2.77. The van der Waals surface area contributed by atoms with Gasteiger partial charge in [-0.15, -0.1) is 0 Å². The predicted octanol–water partition coefficient (Wildman–Crippen LogP) is 6.54. The van der Waals surface area contributed by atoms with Crippen LogP contribution < -0.4 is 10.1 Å². The van der Waals surface area contributed by atoms with Crippen LogP contribution >= 0.6 is 0 Å². The Morgan fingerprint density at radius 2 is 1.73 bits per heavy atom. The van der Waals surface area contributed by atoms with Gasteiger partial charge in [-0.25, -0.2) is 4.39 Å². The zero-order valence-corrected chi connectivity index (χ0v) is 19.5. The first-order chi connectivity index (χ1) is 15.8. The lowest BCUT2D eigenvalue weighted by atomic mass is 9.99. The van der Waals surface area contributed by atoms with Gasteiger partial charge in [-0.2, -0.15) is 0 Å². The van der Waals surface area contributed by atoms with E-state index in [1.54, 1.807) is 12.1 Å². The maximum atomic E-state index is 14.3. The highest BCUT2D eigenvalue weighted by atomic mass is 19.1. The summed E-state index contributed by atoms with van der Waals surface area (Å²) < 4.78 is 20.4. The molecular weight excluding hydrogens is 417 g/mol. The van der Waals surface area contributed by atoms with Crippen LogP contribution in [0.2, 0.25) is 0 Å². The summed E-state index contributed by atoms with van der Waals surface area (Å²) in [6, 6.07) is 19.4. The zero-order chi connectivity index (χ0) is 23.8. The van der Waals surface area contributed by atoms with E-state index in [0.717, 1.165) is 28.9 Å². The van der Waals surface area contributed by atoms with Crippen LogP contribution in [-0.2, 0) is 30.8 Å². The number of nitrogens with one attached hydrogen (secondary N) is 1. The Morgan fingerprint density at radius 1 is 1.00 bits per heavy atom. The molecule has 33 heavy (non-hydrogen) atoms. The molecule has 0 saturated heterocycles. The zero-order valence-electron chi connectivity index (χ0n) is 19.5. The van der Waals surface area contributed by atoms with Gasteiger partial charge in [-0.3, -0.25) is 4.79 Å². The molecule has 0 radical (unpaired) electrons. The van der Waals surface area contributed by atoms with Crippen molar-refractivity contribution < 1.29 is 19.0 Å². The second-order valence-electron chi connectivity index (χ2n) is 8.87. The van der Waals surface area contributed by atoms with Crippen LogP contribution in [0.1, 0.15) is 48.1 Å². The minimum Gasteiger partial charge on any atom is -0.489 e. The first-order valence-corrected chi connectivity index (χ1v) is 11.3. The van der Waals surface area contributed by atoms with Crippen molar-refractivity contribution in [2.75, 3.05) is 5.32 Å². The Hall–Kier alpha value is -3.34. The van der Waals surface area contributed by atoms with E-state index in [-0.39, 0.29) is 18.7 Å². The van der Waals surface area contributed by atoms with Crippen LogP contribution in [0.5, 0.6) is 5.75 Å². The molecule has 0 spiro atoms. The highest BCUT2D eigenvalue weighted by Gasteiger charge is 2.10. The third kappa shape index (κ3) is 7.63. The Kier molecular flexibility index (Phi) is 8.47. The van der Waals surface area contributed by atoms with Gasteiger partial charge in [0.1, 0.15) is 18.2 Å². The van der Waals surface area contributed by atoms with E-state index in [2.05, 4.69) is 56.4 Å². The van der Waals surface area contributed by atoms with E-state index in [4.69, 9.17) is 9.84 Å². The predicted molar refractivity (Wildman–Crippen MR) is 130 cm³/mol. The van der Waals surface area contributed by atoms with E-state index < -0.39 is 5.97 Å². The molecule has 0 fully saturated rings. The topological polar surface area (TPSA) is 58.6 Å². The number of carboxylic acids is 1. The fourth-order valence-corrected chi connectivity index (χ4v) is 3.63. The van der Waals surface area contributed by atoms with Gasteiger partial charge in [-0.05, 0) is 66.1 Å². The van der Waals surface area contributed by atoms with Crippen LogP contribution in [0.3, 0.4) is 0 Å². The maximum Gasteiger partial charge on any atom is 0.303 e. The molecule has 0 saturated carbocycles. The van der Waals surface area contributed by atoms with Crippen molar-refractivity contribution in [1.29, 1.82) is 0 Å². The Labute approximate surface area is 195 Å².